The van der Waals surface area contributed by atoms with Crippen molar-refractivity contribution < 1.29 is 4.42 Å². The largest absolute Gasteiger partial charge is 0.456 e. The van der Waals surface area contributed by atoms with Crippen molar-refractivity contribution in [1.29, 1.82) is 0 Å². The van der Waals surface area contributed by atoms with Crippen molar-refractivity contribution in [3.63, 3.8) is 0 Å². The van der Waals surface area contributed by atoms with Crippen LogP contribution in [0.5, 0.6) is 0 Å². The number of furan rings is 1. The number of aromatic nitrogens is 1. The first-order valence-corrected chi connectivity index (χ1v) is 23.4. The highest BCUT2D eigenvalue weighted by Crippen LogP contribution is 2.52. The van der Waals surface area contributed by atoms with Crippen molar-refractivity contribution in [2.24, 2.45) is 0 Å². The Kier molecular flexibility index (Phi) is 8.01. The van der Waals surface area contributed by atoms with Gasteiger partial charge in [0.15, 0.2) is 0 Å². The zero-order valence-electron chi connectivity index (χ0n) is 37.5. The van der Waals surface area contributed by atoms with Gasteiger partial charge in [0.1, 0.15) is 11.2 Å². The van der Waals surface area contributed by atoms with Crippen LogP contribution in [0.15, 0.2) is 217 Å². The maximum atomic E-state index is 6.97. The molecule has 0 radical (unpaired) electrons. The Morgan fingerprint density at radius 2 is 1.13 bits per heavy atom. The normalized spacial score (nSPS) is 12.9. The lowest BCUT2D eigenvalue weighted by Gasteiger charge is -2.42. The van der Waals surface area contributed by atoms with E-state index < -0.39 is 0 Å². The van der Waals surface area contributed by atoms with Gasteiger partial charge in [0.25, 0.3) is 0 Å². The molecule has 2 aliphatic rings. The van der Waals surface area contributed by atoms with Crippen LogP contribution in [0.25, 0.3) is 76.8 Å². The second-order valence-electron chi connectivity index (χ2n) is 19.3. The molecule has 0 saturated carbocycles. The van der Waals surface area contributed by atoms with Gasteiger partial charge in [0, 0.05) is 78.2 Å². The number of nitrogens with zero attached hydrogens (tertiary/aromatic N) is 3. The number of hydrogen-bond acceptors (Lipinski definition) is 3. The minimum Gasteiger partial charge on any atom is -0.456 e. The summed E-state index contributed by atoms with van der Waals surface area (Å²) in [5.74, 6) is 0. The van der Waals surface area contributed by atoms with Gasteiger partial charge in [-0.15, -0.1) is 0 Å². The van der Waals surface area contributed by atoms with E-state index in [0.29, 0.717) is 0 Å². The molecule has 5 heteroatoms. The van der Waals surface area contributed by atoms with E-state index in [1.54, 1.807) is 0 Å². The van der Waals surface area contributed by atoms with E-state index >= 15 is 0 Å². The first-order chi connectivity index (χ1) is 32.9. The number of anilines is 6. The predicted molar refractivity (Wildman–Crippen MR) is 284 cm³/mol. The average molecular weight is 858 g/mol. The Labute approximate surface area is 389 Å². The number of rotatable bonds is 5. The van der Waals surface area contributed by atoms with E-state index in [2.05, 4.69) is 247 Å². The molecule has 2 aromatic heterocycles. The van der Waals surface area contributed by atoms with Crippen molar-refractivity contribution in [3.05, 3.63) is 218 Å². The Bertz CT molecular complexity index is 3940. The molecule has 0 atom stereocenters. The molecule has 0 bridgehead atoms. The van der Waals surface area contributed by atoms with E-state index in [1.165, 1.54) is 71.3 Å². The van der Waals surface area contributed by atoms with Gasteiger partial charge in [-0.2, -0.15) is 0 Å². The average Bonchev–Trinajstić information content (AvgIpc) is 3.90. The zero-order chi connectivity index (χ0) is 44.5. The molecule has 2 aliphatic heterocycles. The second-order valence-corrected chi connectivity index (χ2v) is 19.3. The van der Waals surface area contributed by atoms with E-state index in [9.17, 15) is 0 Å². The van der Waals surface area contributed by atoms with Crippen LogP contribution in [0.2, 0.25) is 0 Å². The van der Waals surface area contributed by atoms with Crippen LogP contribution >= 0.6 is 0 Å². The molecule has 10 aromatic carbocycles. The number of para-hydroxylation sites is 4. The maximum Gasteiger partial charge on any atom is 0.333 e. The lowest BCUT2D eigenvalue weighted by Crippen LogP contribution is -2.56. The number of benzene rings is 10. The Morgan fingerprint density at radius 1 is 0.478 bits per heavy atom. The molecule has 0 amide bonds. The van der Waals surface area contributed by atoms with Crippen molar-refractivity contribution in [1.82, 2.24) is 4.48 Å². The summed E-state index contributed by atoms with van der Waals surface area (Å²) in [4.78, 5) is 4.95. The molecule has 67 heavy (non-hydrogen) atoms. The molecule has 12 aromatic rings. The molecular weight excluding hydrogens is 814 g/mol. The highest BCUT2D eigenvalue weighted by molar-refractivity contribution is 6.90. The highest BCUT2D eigenvalue weighted by Gasteiger charge is 2.45. The van der Waals surface area contributed by atoms with Crippen LogP contribution in [0.3, 0.4) is 0 Å². The van der Waals surface area contributed by atoms with Crippen molar-refractivity contribution in [2.45, 2.75) is 26.2 Å². The molecule has 316 valence electrons. The molecule has 0 saturated heterocycles. The minimum absolute atomic E-state index is 0.0543. The topological polar surface area (TPSA) is 24.6 Å². The summed E-state index contributed by atoms with van der Waals surface area (Å²) in [5.41, 5.74) is 19.5. The molecule has 0 fully saturated rings. The monoisotopic (exact) mass is 857 g/mol. The van der Waals surface area contributed by atoms with Crippen LogP contribution in [-0.4, -0.2) is 11.3 Å². The fourth-order valence-electron chi connectivity index (χ4n) is 11.4. The van der Waals surface area contributed by atoms with Gasteiger partial charge in [0.05, 0.1) is 5.69 Å². The molecule has 4 heterocycles. The van der Waals surface area contributed by atoms with Crippen LogP contribution in [0.1, 0.15) is 26.3 Å². The Morgan fingerprint density at radius 3 is 1.88 bits per heavy atom. The van der Waals surface area contributed by atoms with E-state index in [1.807, 2.05) is 0 Å². The lowest BCUT2D eigenvalue weighted by atomic mass is 9.44. The summed E-state index contributed by atoms with van der Waals surface area (Å²) in [5, 5.41) is 7.29. The quantitative estimate of drug-likeness (QED) is 0.161. The summed E-state index contributed by atoms with van der Waals surface area (Å²) in [6, 6.07) is 78.3. The summed E-state index contributed by atoms with van der Waals surface area (Å²) in [7, 11) is 0. The first kappa shape index (κ1) is 38.0. The SMILES string of the molecule is CC(C)(C)c1ccc(N2c3ccc(N(c4ccccc4)c4ccccc4)cc3B3c4c2cc2oc5ccccc5c2c4-c2cccc4c5cc6ccccc6cc5n3c24)c(-c2ccccc2)c1. The van der Waals surface area contributed by atoms with Gasteiger partial charge in [-0.25, -0.2) is 0 Å². The second kappa shape index (κ2) is 14.1. The third-order valence-electron chi connectivity index (χ3n) is 14.4. The van der Waals surface area contributed by atoms with Crippen molar-refractivity contribution in [2.75, 3.05) is 9.80 Å². The zero-order valence-corrected chi connectivity index (χ0v) is 37.5. The maximum absolute atomic E-state index is 6.97. The number of hydrogen-bond donors (Lipinski definition) is 0. The van der Waals surface area contributed by atoms with E-state index in [0.717, 1.165) is 56.1 Å². The number of fused-ring (bicyclic) bond motifs is 12. The fraction of sp³-hybridized carbons (Fsp3) is 0.0645. The summed E-state index contributed by atoms with van der Waals surface area (Å²) >= 11 is 0. The predicted octanol–water partition coefficient (Wildman–Crippen LogP) is 15.7. The van der Waals surface area contributed by atoms with Crippen molar-refractivity contribution >= 4 is 106 Å². The van der Waals surface area contributed by atoms with Crippen LogP contribution in [-0.2, 0) is 5.41 Å². The van der Waals surface area contributed by atoms with Crippen molar-refractivity contribution in [3.8, 4) is 22.3 Å². The molecular formula is C62H44BN3O. The Hall–Kier alpha value is -8.28. The van der Waals surface area contributed by atoms with Gasteiger partial charge < -0.3 is 18.7 Å². The molecule has 0 unspecified atom stereocenters. The standard InChI is InChI=1S/C62H44BN3O/c1-62(2,3)42-30-32-52(49(36-42)39-18-7-4-8-19-39)65-53-33-31-45(64(43-22-9-5-10-23-43)44-24-11-6-12-25-44)37-51(53)63-60-55(65)38-57-58(47-26-15-16-29-56(47)67-57)59(60)48-28-17-27-46-50-34-40-20-13-14-21-41(40)35-54(50)66(63)61(46)48/h4-38H,1-3H3. The van der Waals surface area contributed by atoms with E-state index in [4.69, 9.17) is 4.42 Å². The Balaban J connectivity index is 1.17. The smallest absolute Gasteiger partial charge is 0.333 e. The molecule has 0 N–H and O–H groups in total. The lowest BCUT2D eigenvalue weighted by molar-refractivity contribution is 0.590. The van der Waals surface area contributed by atoms with Gasteiger partial charge in [-0.1, -0.05) is 154 Å². The highest BCUT2D eigenvalue weighted by atomic mass is 16.3. The van der Waals surface area contributed by atoms with Gasteiger partial charge in [-0.05, 0) is 117 Å². The van der Waals surface area contributed by atoms with E-state index in [-0.39, 0.29) is 12.3 Å². The summed E-state index contributed by atoms with van der Waals surface area (Å²) in [6.45, 7) is 6.73. The fourth-order valence-corrected chi connectivity index (χ4v) is 11.4. The van der Waals surface area contributed by atoms with Crippen LogP contribution in [0, 0.1) is 0 Å². The third-order valence-corrected chi connectivity index (χ3v) is 14.4. The third kappa shape index (κ3) is 5.55. The van der Waals surface area contributed by atoms with Crippen LogP contribution in [0.4, 0.5) is 34.1 Å². The molecule has 0 aliphatic carbocycles. The van der Waals surface area contributed by atoms with Gasteiger partial charge >= 0.3 is 6.85 Å². The van der Waals surface area contributed by atoms with Gasteiger partial charge in [-0.3, -0.25) is 0 Å². The summed E-state index contributed by atoms with van der Waals surface area (Å²) < 4.78 is 9.66. The summed E-state index contributed by atoms with van der Waals surface area (Å²) in [6.07, 6.45) is 0. The first-order valence-electron chi connectivity index (χ1n) is 23.4. The molecule has 4 nitrogen and oxygen atoms in total. The van der Waals surface area contributed by atoms with Gasteiger partial charge in [0.2, 0.25) is 0 Å². The van der Waals surface area contributed by atoms with Crippen LogP contribution < -0.4 is 20.7 Å². The molecule has 14 rings (SSSR count). The molecule has 0 spiro atoms. The minimum atomic E-state index is -0.187.